The number of aldehydes is 1. The molecule has 0 saturated heterocycles. The topological polar surface area (TPSA) is 52.6 Å². The van der Waals surface area contributed by atoms with Gasteiger partial charge in [0.15, 0.2) is 16.6 Å². The molecule has 0 amide bonds. The van der Waals surface area contributed by atoms with E-state index in [2.05, 4.69) is 0 Å². The number of carbonyl (C=O) groups excluding carboxylic acids is 2. The molecule has 0 aromatic heterocycles. The van der Waals surface area contributed by atoms with Crippen LogP contribution in [0.4, 0.5) is 0 Å². The number of thioether (sulfide) groups is 1. The first-order chi connectivity index (χ1) is 9.12. The zero-order chi connectivity index (χ0) is 14.3. The van der Waals surface area contributed by atoms with Crippen LogP contribution in [0.2, 0.25) is 0 Å². The molecule has 0 radical (unpaired) electrons. The van der Waals surface area contributed by atoms with E-state index in [9.17, 15) is 9.59 Å². The fraction of sp³-hybridized carbons (Fsp3) is 0.286. The van der Waals surface area contributed by atoms with Gasteiger partial charge < -0.3 is 9.47 Å². The smallest absolute Gasteiger partial charge is 0.186 e. The van der Waals surface area contributed by atoms with Crippen molar-refractivity contribution >= 4 is 29.2 Å². The average molecular weight is 280 g/mol. The lowest BCUT2D eigenvalue weighted by Crippen LogP contribution is -1.95. The molecule has 1 rings (SSSR count). The number of hydrogen-bond donors (Lipinski definition) is 0. The van der Waals surface area contributed by atoms with Crippen molar-refractivity contribution in [3.05, 3.63) is 29.3 Å². The number of carbonyl (C=O) groups is 2. The molecular formula is C14H16O4S. The third-order valence-corrected chi connectivity index (χ3v) is 3.11. The van der Waals surface area contributed by atoms with E-state index in [1.165, 1.54) is 25.8 Å². The highest BCUT2D eigenvalue weighted by Crippen LogP contribution is 2.33. The fourth-order valence-electron chi connectivity index (χ4n) is 1.55. The van der Waals surface area contributed by atoms with Crippen LogP contribution in [0.3, 0.4) is 0 Å². The van der Waals surface area contributed by atoms with E-state index in [0.717, 1.165) is 11.8 Å². The Labute approximate surface area is 116 Å². The number of rotatable bonds is 6. The molecule has 0 aliphatic carbocycles. The molecule has 0 fully saturated rings. The van der Waals surface area contributed by atoms with Crippen molar-refractivity contribution < 1.29 is 19.1 Å². The third-order valence-electron chi connectivity index (χ3n) is 2.35. The van der Waals surface area contributed by atoms with Gasteiger partial charge in [0.05, 0.1) is 14.2 Å². The van der Waals surface area contributed by atoms with Gasteiger partial charge in [-0.1, -0.05) is 23.9 Å². The zero-order valence-corrected chi connectivity index (χ0v) is 12.0. The molecule has 0 N–H and O–H groups in total. The summed E-state index contributed by atoms with van der Waals surface area (Å²) in [7, 11) is 3.06. The van der Waals surface area contributed by atoms with Crippen molar-refractivity contribution in [2.75, 3.05) is 20.0 Å². The molecule has 19 heavy (non-hydrogen) atoms. The van der Waals surface area contributed by atoms with Gasteiger partial charge in [0.25, 0.3) is 0 Å². The molecule has 102 valence electrons. The lowest BCUT2D eigenvalue weighted by atomic mass is 10.1. The summed E-state index contributed by atoms with van der Waals surface area (Å²) in [6.07, 6.45) is 4.41. The lowest BCUT2D eigenvalue weighted by Gasteiger charge is -2.11. The van der Waals surface area contributed by atoms with Gasteiger partial charge >= 0.3 is 0 Å². The van der Waals surface area contributed by atoms with Crippen molar-refractivity contribution in [2.45, 2.75) is 6.92 Å². The fourth-order valence-corrected chi connectivity index (χ4v) is 1.98. The molecule has 1 aromatic rings. The highest BCUT2D eigenvalue weighted by Gasteiger charge is 2.10. The number of ether oxygens (including phenoxy) is 2. The Morgan fingerprint density at radius 2 is 2.05 bits per heavy atom. The van der Waals surface area contributed by atoms with E-state index in [-0.39, 0.29) is 5.12 Å². The molecule has 4 nitrogen and oxygen atoms in total. The van der Waals surface area contributed by atoms with Gasteiger partial charge in [-0.25, -0.2) is 0 Å². The van der Waals surface area contributed by atoms with Crippen LogP contribution in [0.1, 0.15) is 22.8 Å². The zero-order valence-electron chi connectivity index (χ0n) is 11.1. The largest absolute Gasteiger partial charge is 0.493 e. The summed E-state index contributed by atoms with van der Waals surface area (Å²) in [6, 6.07) is 3.33. The van der Waals surface area contributed by atoms with Crippen LogP contribution in [-0.2, 0) is 4.79 Å². The summed E-state index contributed by atoms with van der Waals surface area (Å²) in [5.74, 6) is 1.65. The highest BCUT2D eigenvalue weighted by atomic mass is 32.2. The number of hydrogen-bond acceptors (Lipinski definition) is 5. The molecular weight excluding hydrogens is 264 g/mol. The Balaban J connectivity index is 3.02. The minimum atomic E-state index is 0.0656. The maximum Gasteiger partial charge on any atom is 0.186 e. The summed E-state index contributed by atoms with van der Waals surface area (Å²) < 4.78 is 10.5. The Hall–Kier alpha value is -1.75. The molecule has 0 saturated carbocycles. The standard InChI is InChI=1S/C14H16O4S/c1-10(16)19-6-4-5-12-7-11(9-15)8-13(17-2)14(12)18-3/h4-5,7-9H,6H2,1-3H3. The molecule has 0 aliphatic heterocycles. The Bertz CT molecular complexity index is 494. The van der Waals surface area contributed by atoms with Crippen molar-refractivity contribution in [2.24, 2.45) is 0 Å². The van der Waals surface area contributed by atoms with Crippen molar-refractivity contribution in [3.63, 3.8) is 0 Å². The van der Waals surface area contributed by atoms with E-state index in [0.29, 0.717) is 22.8 Å². The minimum Gasteiger partial charge on any atom is -0.493 e. The molecule has 0 aliphatic rings. The van der Waals surface area contributed by atoms with Crippen LogP contribution >= 0.6 is 11.8 Å². The first kappa shape index (κ1) is 15.3. The number of methoxy groups -OCH3 is 2. The summed E-state index contributed by atoms with van der Waals surface area (Å²) in [5.41, 5.74) is 1.25. The molecule has 1 aromatic carbocycles. The van der Waals surface area contributed by atoms with Gasteiger partial charge in [-0.15, -0.1) is 0 Å². The van der Waals surface area contributed by atoms with Crippen LogP contribution < -0.4 is 9.47 Å². The predicted octanol–water partition coefficient (Wildman–Crippen LogP) is 2.81. The Morgan fingerprint density at radius 3 is 2.58 bits per heavy atom. The Morgan fingerprint density at radius 1 is 1.32 bits per heavy atom. The van der Waals surface area contributed by atoms with Crippen molar-refractivity contribution in [1.82, 2.24) is 0 Å². The second kappa shape index (κ2) is 7.63. The SMILES string of the molecule is COc1cc(C=O)cc(C=CCSC(C)=O)c1OC. The van der Waals surface area contributed by atoms with Crippen LogP contribution in [0.15, 0.2) is 18.2 Å². The first-order valence-electron chi connectivity index (χ1n) is 5.63. The summed E-state index contributed by atoms with van der Waals surface area (Å²) >= 11 is 1.22. The van der Waals surface area contributed by atoms with Gasteiger partial charge in [0.2, 0.25) is 0 Å². The first-order valence-corrected chi connectivity index (χ1v) is 6.62. The van der Waals surface area contributed by atoms with Crippen molar-refractivity contribution in [1.29, 1.82) is 0 Å². The Kier molecular flexibility index (Phi) is 6.15. The second-order valence-electron chi connectivity index (χ2n) is 3.67. The highest BCUT2D eigenvalue weighted by molar-refractivity contribution is 8.13. The van der Waals surface area contributed by atoms with Crippen LogP contribution in [0.5, 0.6) is 11.5 Å². The van der Waals surface area contributed by atoms with E-state index in [1.807, 2.05) is 12.2 Å². The van der Waals surface area contributed by atoms with Crippen LogP contribution in [0, 0.1) is 0 Å². The minimum absolute atomic E-state index is 0.0656. The maximum absolute atomic E-state index is 10.9. The van der Waals surface area contributed by atoms with Gasteiger partial charge in [-0.3, -0.25) is 9.59 Å². The van der Waals surface area contributed by atoms with Gasteiger partial charge in [-0.2, -0.15) is 0 Å². The molecule has 0 spiro atoms. The lowest BCUT2D eigenvalue weighted by molar-refractivity contribution is -0.109. The third kappa shape index (κ3) is 4.44. The second-order valence-corrected chi connectivity index (χ2v) is 4.87. The summed E-state index contributed by atoms with van der Waals surface area (Å²) in [4.78, 5) is 21.7. The summed E-state index contributed by atoms with van der Waals surface area (Å²) in [6.45, 7) is 1.52. The van der Waals surface area contributed by atoms with Gasteiger partial charge in [0, 0.05) is 23.8 Å². The normalized spacial score (nSPS) is 10.5. The van der Waals surface area contributed by atoms with E-state index in [1.54, 1.807) is 19.2 Å². The average Bonchev–Trinajstić information content (AvgIpc) is 2.42. The molecule has 0 bridgehead atoms. The molecule has 0 atom stereocenters. The van der Waals surface area contributed by atoms with Crippen LogP contribution in [0.25, 0.3) is 6.08 Å². The van der Waals surface area contributed by atoms with Gasteiger partial charge in [-0.05, 0) is 12.1 Å². The predicted molar refractivity (Wildman–Crippen MR) is 77.1 cm³/mol. The van der Waals surface area contributed by atoms with E-state index >= 15 is 0 Å². The molecule has 0 heterocycles. The van der Waals surface area contributed by atoms with Crippen LogP contribution in [-0.4, -0.2) is 31.4 Å². The maximum atomic E-state index is 10.9. The summed E-state index contributed by atoms with van der Waals surface area (Å²) in [5, 5.41) is 0.0656. The molecule has 5 heteroatoms. The monoisotopic (exact) mass is 280 g/mol. The number of benzene rings is 1. The van der Waals surface area contributed by atoms with Crippen molar-refractivity contribution in [3.8, 4) is 11.5 Å². The van der Waals surface area contributed by atoms with Gasteiger partial charge in [0.1, 0.15) is 6.29 Å². The quantitative estimate of drug-likeness (QED) is 0.750. The van der Waals surface area contributed by atoms with E-state index in [4.69, 9.17) is 9.47 Å². The van der Waals surface area contributed by atoms with E-state index < -0.39 is 0 Å². The molecule has 0 unspecified atom stereocenters.